The van der Waals surface area contributed by atoms with Crippen LogP contribution in [-0.2, 0) is 6.42 Å². The van der Waals surface area contributed by atoms with Crippen LogP contribution in [0.1, 0.15) is 25.8 Å². The van der Waals surface area contributed by atoms with Gasteiger partial charge in [-0.25, -0.2) is 0 Å². The van der Waals surface area contributed by atoms with E-state index in [1.165, 1.54) is 10.9 Å². The molecule has 2 unspecified atom stereocenters. The van der Waals surface area contributed by atoms with E-state index in [4.69, 9.17) is 5.84 Å². The minimum Gasteiger partial charge on any atom is -0.302 e. The van der Waals surface area contributed by atoms with Gasteiger partial charge in [0, 0.05) is 23.2 Å². The summed E-state index contributed by atoms with van der Waals surface area (Å²) in [7, 11) is 4.22. The minimum absolute atomic E-state index is 0.000869. The topological polar surface area (TPSA) is 54.2 Å². The summed E-state index contributed by atoms with van der Waals surface area (Å²) in [6.07, 6.45) is 3.78. The molecular weight excluding hydrogens is 260 g/mol. The Morgan fingerprint density at radius 3 is 2.62 bits per heavy atom. The van der Waals surface area contributed by atoms with E-state index < -0.39 is 0 Å². The lowest BCUT2D eigenvalue weighted by Crippen LogP contribution is -2.59. The van der Waals surface area contributed by atoms with Crippen molar-refractivity contribution in [2.45, 2.75) is 38.3 Å². The van der Waals surface area contributed by atoms with Gasteiger partial charge < -0.3 is 4.90 Å². The highest BCUT2D eigenvalue weighted by molar-refractivity contribution is 5.81. The zero-order chi connectivity index (χ0) is 15.5. The predicted octanol–water partition coefficient (Wildman–Crippen LogP) is 2.34. The summed E-state index contributed by atoms with van der Waals surface area (Å²) in [4.78, 5) is 6.68. The first-order valence-electron chi connectivity index (χ1n) is 7.49. The highest BCUT2D eigenvalue weighted by Crippen LogP contribution is 2.26. The third kappa shape index (κ3) is 3.07. The molecule has 3 N–H and O–H groups in total. The molecule has 0 saturated heterocycles. The van der Waals surface area contributed by atoms with Crippen molar-refractivity contribution in [2.24, 2.45) is 5.84 Å². The molecule has 0 aliphatic heterocycles. The van der Waals surface area contributed by atoms with E-state index in [1.54, 1.807) is 0 Å². The summed E-state index contributed by atoms with van der Waals surface area (Å²) < 4.78 is 0. The molecule has 0 saturated carbocycles. The first kappa shape index (κ1) is 15.9. The van der Waals surface area contributed by atoms with E-state index in [-0.39, 0.29) is 11.6 Å². The van der Waals surface area contributed by atoms with Crippen molar-refractivity contribution < 1.29 is 0 Å². The number of benzene rings is 1. The third-order valence-electron chi connectivity index (χ3n) is 4.85. The fraction of sp³-hybridized carbons (Fsp3) is 0.471. The van der Waals surface area contributed by atoms with Crippen molar-refractivity contribution in [3.8, 4) is 0 Å². The summed E-state index contributed by atoms with van der Waals surface area (Å²) in [5.74, 6) is 5.87. The molecule has 1 aromatic heterocycles. The number of nitrogens with two attached hydrogens (primary N) is 1. The van der Waals surface area contributed by atoms with Gasteiger partial charge in [0.15, 0.2) is 0 Å². The number of pyridine rings is 1. The van der Waals surface area contributed by atoms with E-state index in [9.17, 15) is 0 Å². The number of hydrogen-bond acceptors (Lipinski definition) is 4. The van der Waals surface area contributed by atoms with Crippen molar-refractivity contribution in [2.75, 3.05) is 14.1 Å². The van der Waals surface area contributed by atoms with E-state index in [2.05, 4.69) is 67.5 Å². The van der Waals surface area contributed by atoms with E-state index in [0.29, 0.717) is 0 Å². The molecule has 2 aromatic rings. The zero-order valence-corrected chi connectivity index (χ0v) is 13.4. The summed E-state index contributed by atoms with van der Waals surface area (Å²) in [5.41, 5.74) is 5.34. The van der Waals surface area contributed by atoms with Crippen LogP contribution in [0.15, 0.2) is 36.5 Å². The fourth-order valence-electron chi connectivity index (χ4n) is 2.89. The number of rotatable bonds is 6. The van der Waals surface area contributed by atoms with Gasteiger partial charge >= 0.3 is 0 Å². The Labute approximate surface area is 127 Å². The molecule has 0 aliphatic carbocycles. The Balaban J connectivity index is 2.37. The zero-order valence-electron chi connectivity index (χ0n) is 13.4. The molecule has 0 fully saturated rings. The third-order valence-corrected chi connectivity index (χ3v) is 4.85. The Bertz CT molecular complexity index is 591. The van der Waals surface area contributed by atoms with Crippen molar-refractivity contribution in [1.29, 1.82) is 0 Å². The first-order valence-corrected chi connectivity index (χ1v) is 7.49. The van der Waals surface area contributed by atoms with Crippen LogP contribution in [0.2, 0.25) is 0 Å². The molecule has 114 valence electrons. The van der Waals surface area contributed by atoms with E-state index in [0.717, 1.165) is 18.4 Å². The van der Waals surface area contributed by atoms with Gasteiger partial charge in [-0.15, -0.1) is 0 Å². The quantitative estimate of drug-likeness (QED) is 0.632. The molecule has 0 radical (unpaired) electrons. The van der Waals surface area contributed by atoms with Gasteiger partial charge in [-0.3, -0.25) is 16.3 Å². The SMILES string of the molecule is CCC(C)(C(Cc1ccnc2ccccc12)NN)N(C)C. The number of hydrogen-bond donors (Lipinski definition) is 2. The molecule has 4 nitrogen and oxygen atoms in total. The van der Waals surface area contributed by atoms with E-state index >= 15 is 0 Å². The van der Waals surface area contributed by atoms with Crippen LogP contribution < -0.4 is 11.3 Å². The van der Waals surface area contributed by atoms with Gasteiger partial charge in [-0.05, 0) is 51.6 Å². The molecule has 1 heterocycles. The molecular formula is C17H26N4. The average molecular weight is 286 g/mol. The number of aromatic nitrogens is 1. The van der Waals surface area contributed by atoms with Crippen molar-refractivity contribution in [3.63, 3.8) is 0 Å². The predicted molar refractivity (Wildman–Crippen MR) is 88.9 cm³/mol. The number of likely N-dealkylation sites (N-methyl/N-ethyl adjacent to an activating group) is 1. The lowest BCUT2D eigenvalue weighted by atomic mass is 9.84. The van der Waals surface area contributed by atoms with Gasteiger partial charge in [0.1, 0.15) is 0 Å². The highest BCUT2D eigenvalue weighted by atomic mass is 15.3. The van der Waals surface area contributed by atoms with Crippen LogP contribution in [0.3, 0.4) is 0 Å². The normalized spacial score (nSPS) is 16.1. The standard InChI is InChI=1S/C17H26N4/c1-5-17(2,21(3)4)16(20-18)12-13-10-11-19-15-9-7-6-8-14(13)15/h6-11,16,20H,5,12,18H2,1-4H3. The van der Waals surface area contributed by atoms with E-state index in [1.807, 2.05) is 12.3 Å². The maximum atomic E-state index is 5.87. The molecule has 0 spiro atoms. The van der Waals surface area contributed by atoms with Crippen molar-refractivity contribution >= 4 is 10.9 Å². The maximum absolute atomic E-state index is 5.87. The van der Waals surface area contributed by atoms with Crippen LogP contribution in [0.25, 0.3) is 10.9 Å². The smallest absolute Gasteiger partial charge is 0.0704 e. The molecule has 2 rings (SSSR count). The van der Waals surface area contributed by atoms with Gasteiger partial charge in [0.2, 0.25) is 0 Å². The number of nitrogens with zero attached hydrogens (tertiary/aromatic N) is 2. The molecule has 0 aliphatic rings. The molecule has 0 amide bonds. The summed E-state index contributed by atoms with van der Waals surface area (Å²) in [5, 5.41) is 1.21. The highest BCUT2D eigenvalue weighted by Gasteiger charge is 2.34. The van der Waals surface area contributed by atoms with Crippen molar-refractivity contribution in [1.82, 2.24) is 15.3 Å². The Kier molecular flexibility index (Phi) is 4.93. The average Bonchev–Trinajstić information content (AvgIpc) is 2.51. The summed E-state index contributed by atoms with van der Waals surface area (Å²) in [6, 6.07) is 10.5. The molecule has 21 heavy (non-hydrogen) atoms. The van der Waals surface area contributed by atoms with Crippen molar-refractivity contribution in [3.05, 3.63) is 42.1 Å². The summed E-state index contributed by atoms with van der Waals surface area (Å²) >= 11 is 0. The lowest BCUT2D eigenvalue weighted by Gasteiger charge is -2.42. The van der Waals surface area contributed by atoms with Crippen LogP contribution in [0.4, 0.5) is 0 Å². The second-order valence-corrected chi connectivity index (χ2v) is 6.02. The van der Waals surface area contributed by atoms with Crippen LogP contribution >= 0.6 is 0 Å². The van der Waals surface area contributed by atoms with Gasteiger partial charge in [-0.2, -0.15) is 0 Å². The Morgan fingerprint density at radius 1 is 1.29 bits per heavy atom. The minimum atomic E-state index is -0.000869. The number of hydrazine groups is 1. The maximum Gasteiger partial charge on any atom is 0.0704 e. The van der Waals surface area contributed by atoms with Crippen LogP contribution in [0.5, 0.6) is 0 Å². The lowest BCUT2D eigenvalue weighted by molar-refractivity contribution is 0.113. The molecule has 1 aromatic carbocycles. The van der Waals surface area contributed by atoms with Gasteiger partial charge in [-0.1, -0.05) is 25.1 Å². The monoisotopic (exact) mass is 286 g/mol. The van der Waals surface area contributed by atoms with Crippen LogP contribution in [0, 0.1) is 0 Å². The second-order valence-electron chi connectivity index (χ2n) is 6.02. The Morgan fingerprint density at radius 2 is 2.00 bits per heavy atom. The second kappa shape index (κ2) is 6.52. The van der Waals surface area contributed by atoms with Gasteiger partial charge in [0.05, 0.1) is 5.52 Å². The van der Waals surface area contributed by atoms with Crippen LogP contribution in [-0.4, -0.2) is 35.6 Å². The molecule has 2 atom stereocenters. The van der Waals surface area contributed by atoms with Gasteiger partial charge in [0.25, 0.3) is 0 Å². The number of fused-ring (bicyclic) bond motifs is 1. The largest absolute Gasteiger partial charge is 0.302 e. The number of para-hydroxylation sites is 1. The molecule has 0 bridgehead atoms. The first-order chi connectivity index (χ1) is 10.0. The molecule has 4 heteroatoms. The number of nitrogens with one attached hydrogen (secondary N) is 1. The Hall–Kier alpha value is -1.49. The fourth-order valence-corrected chi connectivity index (χ4v) is 2.89. The summed E-state index contributed by atoms with van der Waals surface area (Å²) in [6.45, 7) is 4.45.